The molecule has 0 saturated carbocycles. The van der Waals surface area contributed by atoms with E-state index in [0.717, 1.165) is 13.2 Å². The summed E-state index contributed by atoms with van der Waals surface area (Å²) in [6, 6.07) is 0. The van der Waals surface area contributed by atoms with Crippen LogP contribution in [0.4, 0.5) is 0 Å². The maximum absolute atomic E-state index is 5.83. The van der Waals surface area contributed by atoms with Gasteiger partial charge in [0.15, 0.2) is 0 Å². The third-order valence-corrected chi connectivity index (χ3v) is 8.02. The van der Waals surface area contributed by atoms with Crippen molar-refractivity contribution in [1.82, 2.24) is 0 Å². The molecule has 2 heteroatoms. The first-order chi connectivity index (χ1) is 16.4. The lowest BCUT2D eigenvalue weighted by Gasteiger charge is -2.05. The number of ether oxygens (including phenoxy) is 1. The Hall–Kier alpha value is 0.310. The molecule has 0 amide bonds. The van der Waals surface area contributed by atoms with Gasteiger partial charge < -0.3 is 4.74 Å². The van der Waals surface area contributed by atoms with Crippen LogP contribution in [-0.2, 0) is 4.74 Å². The Kier molecular flexibility index (Phi) is 32.6. The zero-order chi connectivity index (χ0) is 23.9. The second kappa shape index (κ2) is 32.3. The predicted octanol–water partition coefficient (Wildman–Crippen LogP) is 11.5. The monoisotopic (exact) mass is 484 g/mol. The van der Waals surface area contributed by atoms with E-state index in [2.05, 4.69) is 25.6 Å². The van der Waals surface area contributed by atoms with E-state index in [-0.39, 0.29) is 0 Å². The van der Waals surface area contributed by atoms with Crippen molar-refractivity contribution >= 4 is 11.8 Å². The fraction of sp³-hybridized carbons (Fsp3) is 1.00. The molecule has 1 nitrogen and oxygen atoms in total. The van der Waals surface area contributed by atoms with Gasteiger partial charge in [0.25, 0.3) is 0 Å². The molecule has 0 aliphatic rings. The van der Waals surface area contributed by atoms with E-state index in [1.54, 1.807) is 0 Å². The number of hydrogen-bond acceptors (Lipinski definition) is 2. The maximum atomic E-state index is 5.83. The zero-order valence-electron chi connectivity index (χ0n) is 23.3. The molecule has 0 atom stereocenters. The molecule has 0 spiro atoms. The molecule has 0 N–H and O–H groups in total. The third-order valence-electron chi connectivity index (χ3n) is 6.86. The van der Waals surface area contributed by atoms with Gasteiger partial charge in [-0.15, -0.1) is 0 Å². The molecular weight excluding hydrogens is 420 g/mol. The molecule has 0 aliphatic heterocycles. The first kappa shape index (κ1) is 33.3. The van der Waals surface area contributed by atoms with Crippen LogP contribution in [0.2, 0.25) is 0 Å². The minimum absolute atomic E-state index is 0.976. The molecule has 33 heavy (non-hydrogen) atoms. The van der Waals surface area contributed by atoms with Gasteiger partial charge in [-0.1, -0.05) is 155 Å². The Morgan fingerprint density at radius 2 is 0.636 bits per heavy atom. The van der Waals surface area contributed by atoms with Crippen LogP contribution in [0.3, 0.4) is 0 Å². The highest BCUT2D eigenvalue weighted by molar-refractivity contribution is 7.99. The van der Waals surface area contributed by atoms with E-state index in [1.165, 1.54) is 172 Å². The molecule has 0 aromatic heterocycles. The summed E-state index contributed by atoms with van der Waals surface area (Å²) in [6.45, 7) is 6.56. The van der Waals surface area contributed by atoms with Crippen molar-refractivity contribution in [2.45, 2.75) is 174 Å². The van der Waals surface area contributed by atoms with Gasteiger partial charge in [0, 0.05) is 13.2 Å². The van der Waals surface area contributed by atoms with Gasteiger partial charge in [0.2, 0.25) is 0 Å². The molecule has 0 aromatic carbocycles. The molecule has 0 fully saturated rings. The number of rotatable bonds is 30. The molecule has 0 aliphatic carbocycles. The predicted molar refractivity (Wildman–Crippen MR) is 155 cm³/mol. The van der Waals surface area contributed by atoms with Crippen molar-refractivity contribution in [2.75, 3.05) is 24.7 Å². The zero-order valence-corrected chi connectivity index (χ0v) is 24.1. The van der Waals surface area contributed by atoms with Crippen LogP contribution in [0.5, 0.6) is 0 Å². The Morgan fingerprint density at radius 1 is 0.333 bits per heavy atom. The Labute approximate surface area is 215 Å². The molecule has 0 aromatic rings. The fourth-order valence-electron chi connectivity index (χ4n) is 4.56. The number of hydrogen-bond donors (Lipinski definition) is 0. The highest BCUT2D eigenvalue weighted by atomic mass is 32.2. The van der Waals surface area contributed by atoms with Gasteiger partial charge in [-0.25, -0.2) is 0 Å². The smallest absolute Gasteiger partial charge is 0.0473 e. The summed E-state index contributed by atoms with van der Waals surface area (Å²) in [4.78, 5) is 0. The Bertz CT molecular complexity index is 290. The van der Waals surface area contributed by atoms with E-state index >= 15 is 0 Å². The summed E-state index contributed by atoms with van der Waals surface area (Å²) in [5, 5.41) is 0. The molecule has 0 rings (SSSR count). The minimum Gasteiger partial charge on any atom is -0.381 e. The summed E-state index contributed by atoms with van der Waals surface area (Å²) in [5.41, 5.74) is 0. The van der Waals surface area contributed by atoms with Crippen molar-refractivity contribution in [3.63, 3.8) is 0 Å². The number of unbranched alkanes of at least 4 members (excludes halogenated alkanes) is 22. The highest BCUT2D eigenvalue weighted by Crippen LogP contribution is 2.14. The average Bonchev–Trinajstić information content (AvgIpc) is 2.83. The van der Waals surface area contributed by atoms with E-state index in [4.69, 9.17) is 4.74 Å². The van der Waals surface area contributed by atoms with Crippen LogP contribution in [0.15, 0.2) is 0 Å². The van der Waals surface area contributed by atoms with E-state index < -0.39 is 0 Å². The Morgan fingerprint density at radius 3 is 1.06 bits per heavy atom. The summed E-state index contributed by atoms with van der Waals surface area (Å²) >= 11 is 2.14. The van der Waals surface area contributed by atoms with E-state index in [0.29, 0.717) is 0 Å². The summed E-state index contributed by atoms with van der Waals surface area (Å²) in [7, 11) is 0. The standard InChI is InChI=1S/C31H64OS/c1-3-5-7-9-11-13-15-16-17-18-19-21-23-25-28-32-29-27-31-33-30-26-24-22-20-14-12-10-8-6-4-2/h3-31H2,1-2H3. The SMILES string of the molecule is CCCCCCCCCCCCCCCCOCCCSCCCCCCCCCCCC. The van der Waals surface area contributed by atoms with E-state index in [1.807, 2.05) is 0 Å². The molecule has 0 unspecified atom stereocenters. The van der Waals surface area contributed by atoms with Crippen molar-refractivity contribution in [1.29, 1.82) is 0 Å². The minimum atomic E-state index is 0.976. The maximum Gasteiger partial charge on any atom is 0.0473 e. The second-order valence-electron chi connectivity index (χ2n) is 10.4. The third kappa shape index (κ3) is 32.3. The average molecular weight is 485 g/mol. The van der Waals surface area contributed by atoms with Crippen molar-refractivity contribution in [3.8, 4) is 0 Å². The first-order valence-corrected chi connectivity index (χ1v) is 16.7. The first-order valence-electron chi connectivity index (χ1n) is 15.6. The van der Waals surface area contributed by atoms with Gasteiger partial charge in [-0.05, 0) is 30.8 Å². The number of thioether (sulfide) groups is 1. The molecular formula is C31H64OS. The van der Waals surface area contributed by atoms with Crippen LogP contribution in [-0.4, -0.2) is 24.7 Å². The lowest BCUT2D eigenvalue weighted by atomic mass is 10.0. The normalized spacial score (nSPS) is 11.5. The largest absolute Gasteiger partial charge is 0.381 e. The van der Waals surface area contributed by atoms with Gasteiger partial charge in [0.05, 0.1) is 0 Å². The van der Waals surface area contributed by atoms with Crippen molar-refractivity contribution in [3.05, 3.63) is 0 Å². The molecule has 200 valence electrons. The van der Waals surface area contributed by atoms with Crippen LogP contribution >= 0.6 is 11.8 Å². The fourth-order valence-corrected chi connectivity index (χ4v) is 5.49. The summed E-state index contributed by atoms with van der Waals surface area (Å²) in [5.74, 6) is 2.64. The van der Waals surface area contributed by atoms with Crippen molar-refractivity contribution < 1.29 is 4.74 Å². The lowest BCUT2D eigenvalue weighted by Crippen LogP contribution is -1.98. The van der Waals surface area contributed by atoms with Crippen LogP contribution in [0.1, 0.15) is 174 Å². The van der Waals surface area contributed by atoms with Gasteiger partial charge >= 0.3 is 0 Å². The molecule has 0 radical (unpaired) electrons. The molecule has 0 saturated heterocycles. The van der Waals surface area contributed by atoms with E-state index in [9.17, 15) is 0 Å². The lowest BCUT2D eigenvalue weighted by molar-refractivity contribution is 0.131. The van der Waals surface area contributed by atoms with Gasteiger partial charge in [0.1, 0.15) is 0 Å². The van der Waals surface area contributed by atoms with Gasteiger partial charge in [-0.3, -0.25) is 0 Å². The molecule has 0 bridgehead atoms. The highest BCUT2D eigenvalue weighted by Gasteiger charge is 1.96. The summed E-state index contributed by atoms with van der Waals surface area (Å²) < 4.78 is 5.83. The van der Waals surface area contributed by atoms with Crippen LogP contribution < -0.4 is 0 Å². The van der Waals surface area contributed by atoms with Gasteiger partial charge in [-0.2, -0.15) is 11.8 Å². The summed E-state index contributed by atoms with van der Waals surface area (Å²) in [6.07, 6.45) is 35.7. The van der Waals surface area contributed by atoms with Crippen LogP contribution in [0.25, 0.3) is 0 Å². The van der Waals surface area contributed by atoms with Crippen molar-refractivity contribution in [2.24, 2.45) is 0 Å². The quantitative estimate of drug-likeness (QED) is 0.0937. The second-order valence-corrected chi connectivity index (χ2v) is 11.6. The topological polar surface area (TPSA) is 9.23 Å². The molecule has 0 heterocycles. The van der Waals surface area contributed by atoms with Crippen LogP contribution in [0, 0.1) is 0 Å². The Balaban J connectivity index is 2.99.